The summed E-state index contributed by atoms with van der Waals surface area (Å²) in [6.07, 6.45) is 3.34. The quantitative estimate of drug-likeness (QED) is 0.0302. The number of carbonyl (C=O) groups is 2. The van der Waals surface area contributed by atoms with Gasteiger partial charge in [0.25, 0.3) is 5.91 Å². The van der Waals surface area contributed by atoms with Crippen molar-refractivity contribution in [3.05, 3.63) is 70.3 Å². The third kappa shape index (κ3) is 15.4. The molecule has 0 saturated carbocycles. The van der Waals surface area contributed by atoms with Gasteiger partial charge in [-0.2, -0.15) is 0 Å². The number of aliphatic imine (C=N–C) groups is 1. The Kier molecular flexibility index (Phi) is 22.3. The van der Waals surface area contributed by atoms with Crippen LogP contribution >= 0.6 is 24.0 Å². The van der Waals surface area contributed by atoms with Crippen molar-refractivity contribution in [2.45, 2.75) is 102 Å². The van der Waals surface area contributed by atoms with Crippen LogP contribution in [-0.2, 0) is 17.6 Å². The molecule has 56 heavy (non-hydrogen) atoms. The lowest BCUT2D eigenvalue weighted by Gasteiger charge is -2.30. The van der Waals surface area contributed by atoms with Crippen molar-refractivity contribution >= 4 is 52.4 Å². The lowest BCUT2D eigenvalue weighted by molar-refractivity contribution is -0.120. The molecule has 312 valence electrons. The minimum absolute atomic E-state index is 0. The van der Waals surface area contributed by atoms with E-state index in [1.165, 1.54) is 11.8 Å². The SMILES string of the molecule is CCCCCCN(CCCN[C@@H](CCc1ccc(CCCCN=C(N)c2ncc(Cl)nc2C(N)=O)c2ccccc12)C(N)=O)C[C@H](O)[C@@H](O)[C@H](O)[C@H](O)CO.Cl. The number of hydrogen-bond donors (Lipinski definition) is 9. The molecule has 12 N–H and O–H groups in total. The number of nitrogens with one attached hydrogen (secondary N) is 1. The first-order valence-corrected chi connectivity index (χ1v) is 19.5. The number of aliphatic hydroxyl groups excluding tert-OH is 5. The molecule has 0 aliphatic heterocycles. The predicted octanol–water partition coefficient (Wildman–Crippen LogP) is 1.62. The molecule has 1 heterocycles. The highest BCUT2D eigenvalue weighted by molar-refractivity contribution is 6.29. The van der Waals surface area contributed by atoms with Gasteiger partial charge in [0.05, 0.1) is 24.9 Å². The van der Waals surface area contributed by atoms with Gasteiger partial charge in [0.2, 0.25) is 5.91 Å². The molecular weight excluding hydrogens is 763 g/mol. The maximum Gasteiger partial charge on any atom is 0.269 e. The Hall–Kier alpha value is -3.51. The molecule has 0 radical (unpaired) electrons. The van der Waals surface area contributed by atoms with E-state index >= 15 is 0 Å². The number of carbonyl (C=O) groups excluding carboxylic acids is 2. The van der Waals surface area contributed by atoms with Crippen LogP contribution in [0.3, 0.4) is 0 Å². The van der Waals surface area contributed by atoms with Crippen LogP contribution in [0.2, 0.25) is 5.15 Å². The van der Waals surface area contributed by atoms with Gasteiger partial charge in [-0.3, -0.25) is 14.6 Å². The molecule has 15 nitrogen and oxygen atoms in total. The van der Waals surface area contributed by atoms with Gasteiger partial charge >= 0.3 is 0 Å². The zero-order valence-electron chi connectivity index (χ0n) is 32.1. The highest BCUT2D eigenvalue weighted by atomic mass is 35.5. The number of aryl methyl sites for hydroxylation is 2. The van der Waals surface area contributed by atoms with E-state index in [9.17, 15) is 30.0 Å². The average Bonchev–Trinajstić information content (AvgIpc) is 3.17. The molecule has 0 spiro atoms. The molecule has 3 rings (SSSR count). The van der Waals surface area contributed by atoms with Gasteiger partial charge in [0.15, 0.2) is 5.69 Å². The normalized spacial score (nSPS) is 14.6. The Morgan fingerprint density at radius 1 is 0.857 bits per heavy atom. The van der Waals surface area contributed by atoms with Gasteiger partial charge in [0, 0.05) is 13.1 Å². The molecule has 0 saturated heterocycles. The van der Waals surface area contributed by atoms with Crippen molar-refractivity contribution in [1.29, 1.82) is 0 Å². The van der Waals surface area contributed by atoms with Gasteiger partial charge < -0.3 is 53.0 Å². The van der Waals surface area contributed by atoms with Crippen LogP contribution in [0.1, 0.15) is 85.6 Å². The smallest absolute Gasteiger partial charge is 0.269 e. The first-order chi connectivity index (χ1) is 26.4. The van der Waals surface area contributed by atoms with Gasteiger partial charge in [0.1, 0.15) is 35.0 Å². The first kappa shape index (κ1) is 48.6. The molecule has 5 atom stereocenters. The van der Waals surface area contributed by atoms with E-state index in [4.69, 9.17) is 33.9 Å². The van der Waals surface area contributed by atoms with Crippen LogP contribution in [0, 0.1) is 0 Å². The Morgan fingerprint density at radius 2 is 1.50 bits per heavy atom. The van der Waals surface area contributed by atoms with Crippen molar-refractivity contribution in [1.82, 2.24) is 20.2 Å². The fraction of sp³-hybridized carbons (Fsp3) is 0.564. The van der Waals surface area contributed by atoms with Crippen molar-refractivity contribution < 1.29 is 35.1 Å². The number of benzene rings is 2. The molecule has 2 aromatic carbocycles. The zero-order chi connectivity index (χ0) is 40.3. The molecule has 0 bridgehead atoms. The van der Waals surface area contributed by atoms with E-state index in [0.717, 1.165) is 61.3 Å². The maximum absolute atomic E-state index is 12.5. The van der Waals surface area contributed by atoms with Crippen LogP contribution in [-0.4, -0.2) is 128 Å². The number of halogens is 2. The molecule has 0 aliphatic carbocycles. The third-order valence-electron chi connectivity index (χ3n) is 9.65. The number of aromatic nitrogens is 2. The molecule has 1 aromatic heterocycles. The number of rotatable bonds is 27. The summed E-state index contributed by atoms with van der Waals surface area (Å²) in [5, 5.41) is 55.4. The molecule has 0 fully saturated rings. The topological polar surface area (TPSA) is 267 Å². The maximum atomic E-state index is 12.5. The van der Waals surface area contributed by atoms with E-state index in [-0.39, 0.29) is 41.3 Å². The van der Waals surface area contributed by atoms with Gasteiger partial charge in [-0.05, 0) is 86.5 Å². The Morgan fingerprint density at radius 3 is 2.12 bits per heavy atom. The van der Waals surface area contributed by atoms with Crippen LogP contribution < -0.4 is 22.5 Å². The summed E-state index contributed by atoms with van der Waals surface area (Å²) in [4.78, 5) is 38.5. The van der Waals surface area contributed by atoms with Crippen molar-refractivity contribution in [3.8, 4) is 0 Å². The zero-order valence-corrected chi connectivity index (χ0v) is 33.7. The van der Waals surface area contributed by atoms with E-state index in [0.29, 0.717) is 45.4 Å². The van der Waals surface area contributed by atoms with E-state index in [1.807, 2.05) is 17.0 Å². The number of nitrogens with zero attached hydrogens (tertiary/aromatic N) is 4. The Balaban J connectivity index is 0.0000108. The average molecular weight is 824 g/mol. The van der Waals surface area contributed by atoms with E-state index in [2.05, 4.69) is 51.5 Å². The van der Waals surface area contributed by atoms with Crippen LogP contribution in [0.5, 0.6) is 0 Å². The standard InChI is InChI=1S/C39H59ClN8O7.ClH/c1-2-3-4-9-20-48(23-30(50)35(52)36(53)31(51)24-49)21-10-19-44-29(38(42)54)17-16-26-15-14-25(27-12-5-6-13-28(26)27)11-7-8-18-45-37(41)33-34(39(43)55)47-32(40)22-46-33;/h5-6,12-15,22,29-31,35-36,44,49-53H,2-4,7-11,16-21,23-24H2,1H3,(H2,41,45)(H2,42,54)(H2,43,55);1H/t29-,30-,31+,35+,36+;/m0./s1. The number of amidine groups is 1. The van der Waals surface area contributed by atoms with Gasteiger partial charge in [-0.1, -0.05) is 74.2 Å². The minimum Gasteiger partial charge on any atom is -0.394 e. The third-order valence-corrected chi connectivity index (χ3v) is 9.83. The van der Waals surface area contributed by atoms with E-state index < -0.39 is 48.9 Å². The van der Waals surface area contributed by atoms with Crippen molar-refractivity contribution in [3.63, 3.8) is 0 Å². The van der Waals surface area contributed by atoms with Gasteiger partial charge in [-0.15, -0.1) is 12.4 Å². The summed E-state index contributed by atoms with van der Waals surface area (Å²) >= 11 is 5.84. The summed E-state index contributed by atoms with van der Waals surface area (Å²) in [7, 11) is 0. The highest BCUT2D eigenvalue weighted by Gasteiger charge is 2.31. The summed E-state index contributed by atoms with van der Waals surface area (Å²) in [5.74, 6) is -1.16. The lowest BCUT2D eigenvalue weighted by Crippen LogP contribution is -2.50. The van der Waals surface area contributed by atoms with Crippen LogP contribution in [0.25, 0.3) is 10.8 Å². The van der Waals surface area contributed by atoms with Crippen molar-refractivity contribution in [2.75, 3.05) is 39.3 Å². The van der Waals surface area contributed by atoms with Gasteiger partial charge in [-0.25, -0.2) is 9.97 Å². The Bertz CT molecular complexity index is 1690. The number of hydrogen-bond acceptors (Lipinski definition) is 12. The molecule has 0 unspecified atom stereocenters. The molecule has 0 aliphatic rings. The second-order valence-corrected chi connectivity index (χ2v) is 14.3. The fourth-order valence-electron chi connectivity index (χ4n) is 6.50. The Labute approximate surface area is 340 Å². The molecule has 3 aromatic rings. The number of primary amides is 2. The van der Waals surface area contributed by atoms with Crippen molar-refractivity contribution in [2.24, 2.45) is 22.2 Å². The second kappa shape index (κ2) is 25.7. The largest absolute Gasteiger partial charge is 0.394 e. The summed E-state index contributed by atoms with van der Waals surface area (Å²) < 4.78 is 0. The number of nitrogens with two attached hydrogens (primary N) is 3. The first-order valence-electron chi connectivity index (χ1n) is 19.1. The number of amides is 2. The number of unbranched alkanes of at least 4 members (excludes halogenated alkanes) is 4. The number of fused-ring (bicyclic) bond motifs is 1. The molecule has 2 amide bonds. The van der Waals surface area contributed by atoms with Crippen LogP contribution in [0.15, 0.2) is 47.6 Å². The molecule has 17 heteroatoms. The monoisotopic (exact) mass is 822 g/mol. The summed E-state index contributed by atoms with van der Waals surface area (Å²) in [5.41, 5.74) is 19.6. The lowest BCUT2D eigenvalue weighted by atomic mass is 9.93. The minimum atomic E-state index is -1.68. The van der Waals surface area contributed by atoms with E-state index in [1.54, 1.807) is 0 Å². The van der Waals surface area contributed by atoms with Crippen LogP contribution in [0.4, 0.5) is 0 Å². The summed E-state index contributed by atoms with van der Waals surface area (Å²) in [6.45, 7) is 3.62. The predicted molar refractivity (Wildman–Crippen MR) is 221 cm³/mol. The highest BCUT2D eigenvalue weighted by Crippen LogP contribution is 2.26. The number of aliphatic hydroxyl groups is 5. The second-order valence-electron chi connectivity index (χ2n) is 13.9. The molecular formula is C39H60Cl2N8O7. The fourth-order valence-corrected chi connectivity index (χ4v) is 6.64. The summed E-state index contributed by atoms with van der Waals surface area (Å²) in [6, 6.07) is 11.8.